The Morgan fingerprint density at radius 1 is 1.21 bits per heavy atom. The second-order valence-electron chi connectivity index (χ2n) is 5.23. The van der Waals surface area contributed by atoms with Crippen LogP contribution in [0.25, 0.3) is 0 Å². The smallest absolute Gasteiger partial charge is 0.155 e. The van der Waals surface area contributed by atoms with Crippen LogP contribution in [0.5, 0.6) is 0 Å². The average Bonchev–Trinajstić information content (AvgIpc) is 2.44. The van der Waals surface area contributed by atoms with Crippen LogP contribution in [-0.4, -0.2) is 54.3 Å². The number of nitrogens with zero attached hydrogens (tertiary/aromatic N) is 2. The van der Waals surface area contributed by atoms with Crippen LogP contribution in [-0.2, 0) is 11.2 Å². The molecule has 4 rings (SSSR count). The lowest BCUT2D eigenvalue weighted by Gasteiger charge is -2.46. The molecule has 0 aliphatic carbocycles. The average molecular weight is 299 g/mol. The van der Waals surface area contributed by atoms with Gasteiger partial charge in [0.2, 0.25) is 0 Å². The molecular weight excluding hydrogens is 283 g/mol. The summed E-state index contributed by atoms with van der Waals surface area (Å²) in [7, 11) is 0. The number of fused-ring (bicyclic) bond motifs is 3. The molecule has 0 spiro atoms. The number of benzene rings is 1. The summed E-state index contributed by atoms with van der Waals surface area (Å²) in [4.78, 5) is 17.1. The van der Waals surface area contributed by atoms with Gasteiger partial charge in [-0.1, -0.05) is 23.2 Å². The maximum Gasteiger partial charge on any atom is 0.155 e. The number of carbonyl (C=O) groups is 1. The fraction of sp³-hybridized carbons (Fsp3) is 0.500. The predicted octanol–water partition coefficient (Wildman–Crippen LogP) is 2.10. The molecule has 1 unspecified atom stereocenters. The summed E-state index contributed by atoms with van der Waals surface area (Å²) in [5.41, 5.74) is 0.830. The van der Waals surface area contributed by atoms with Gasteiger partial charge in [-0.15, -0.1) is 0 Å². The van der Waals surface area contributed by atoms with Crippen LogP contribution in [0.4, 0.5) is 0 Å². The predicted molar refractivity (Wildman–Crippen MR) is 77.0 cm³/mol. The Bertz CT molecular complexity index is 498. The molecule has 0 N–H and O–H groups in total. The van der Waals surface area contributed by atoms with Gasteiger partial charge in [-0.25, -0.2) is 0 Å². The summed E-state index contributed by atoms with van der Waals surface area (Å²) in [5, 5.41) is 1.25. The van der Waals surface area contributed by atoms with E-state index in [-0.39, 0.29) is 11.8 Å². The van der Waals surface area contributed by atoms with Crippen LogP contribution in [0.1, 0.15) is 5.56 Å². The number of Topliss-reactive ketones (excluding diaryl/α,β-unsaturated/α-hetero) is 1. The molecule has 3 nitrogen and oxygen atoms in total. The summed E-state index contributed by atoms with van der Waals surface area (Å²) in [6, 6.07) is 5.31. The Morgan fingerprint density at radius 3 is 2.58 bits per heavy atom. The van der Waals surface area contributed by atoms with Crippen molar-refractivity contribution in [3.63, 3.8) is 0 Å². The zero-order chi connectivity index (χ0) is 13.4. The summed E-state index contributed by atoms with van der Waals surface area (Å²) in [6.07, 6.45) is 0.369. The van der Waals surface area contributed by atoms with E-state index in [1.165, 1.54) is 0 Å². The van der Waals surface area contributed by atoms with Crippen molar-refractivity contribution in [3.05, 3.63) is 33.8 Å². The highest BCUT2D eigenvalue weighted by atomic mass is 35.5. The maximum atomic E-state index is 12.5. The minimum atomic E-state index is 0.0255. The molecule has 0 saturated carbocycles. The van der Waals surface area contributed by atoms with Crippen molar-refractivity contribution in [1.82, 2.24) is 9.80 Å². The molecule has 1 aromatic carbocycles. The van der Waals surface area contributed by atoms with Gasteiger partial charge in [0.05, 0.1) is 6.04 Å². The van der Waals surface area contributed by atoms with E-state index in [9.17, 15) is 4.79 Å². The standard InChI is InChI=1S/C14H16Cl2N2O/c15-11-1-2-12(16)10(7-11)8-14(19)13-9-17-3-5-18(13)6-4-17/h1-2,7,13H,3-6,8-9H2. The van der Waals surface area contributed by atoms with E-state index in [1.807, 2.05) is 0 Å². The first-order valence-electron chi connectivity index (χ1n) is 6.56. The first kappa shape index (κ1) is 13.4. The van der Waals surface area contributed by atoms with Gasteiger partial charge in [-0.2, -0.15) is 0 Å². The number of rotatable bonds is 3. The van der Waals surface area contributed by atoms with Gasteiger partial charge in [0.1, 0.15) is 0 Å². The van der Waals surface area contributed by atoms with Crippen LogP contribution >= 0.6 is 23.2 Å². The number of piperazine rings is 3. The van der Waals surface area contributed by atoms with Crippen LogP contribution in [0.15, 0.2) is 18.2 Å². The highest BCUT2D eigenvalue weighted by Gasteiger charge is 2.35. The van der Waals surface area contributed by atoms with Crippen molar-refractivity contribution in [2.24, 2.45) is 0 Å². The molecular formula is C14H16Cl2N2O. The van der Waals surface area contributed by atoms with E-state index in [0.29, 0.717) is 16.5 Å². The normalized spacial score (nSPS) is 29.5. The zero-order valence-corrected chi connectivity index (χ0v) is 12.1. The number of halogens is 2. The van der Waals surface area contributed by atoms with E-state index >= 15 is 0 Å². The Labute approximate surface area is 123 Å². The number of hydrogen-bond donors (Lipinski definition) is 0. The molecule has 3 aliphatic heterocycles. The maximum absolute atomic E-state index is 12.5. The molecule has 0 radical (unpaired) electrons. The first-order chi connectivity index (χ1) is 9.13. The molecule has 1 aromatic rings. The fourth-order valence-corrected chi connectivity index (χ4v) is 3.29. The number of ketones is 1. The molecule has 3 saturated heterocycles. The molecule has 3 aliphatic rings. The van der Waals surface area contributed by atoms with Crippen molar-refractivity contribution in [2.45, 2.75) is 12.5 Å². The Hall–Kier alpha value is -0.610. The van der Waals surface area contributed by atoms with Gasteiger partial charge >= 0.3 is 0 Å². The second kappa shape index (κ2) is 5.41. The monoisotopic (exact) mass is 298 g/mol. The van der Waals surface area contributed by atoms with Crippen molar-refractivity contribution in [3.8, 4) is 0 Å². The number of carbonyl (C=O) groups excluding carboxylic acids is 1. The van der Waals surface area contributed by atoms with Crippen molar-refractivity contribution < 1.29 is 4.79 Å². The van der Waals surface area contributed by atoms with Gasteiger partial charge in [-0.3, -0.25) is 14.6 Å². The van der Waals surface area contributed by atoms with E-state index in [2.05, 4.69) is 9.80 Å². The van der Waals surface area contributed by atoms with Crippen LogP contribution < -0.4 is 0 Å². The second-order valence-corrected chi connectivity index (χ2v) is 6.07. The third kappa shape index (κ3) is 2.79. The topological polar surface area (TPSA) is 23.6 Å². The highest BCUT2D eigenvalue weighted by Crippen LogP contribution is 2.23. The van der Waals surface area contributed by atoms with Crippen LogP contribution in [0, 0.1) is 0 Å². The molecule has 1 atom stereocenters. The van der Waals surface area contributed by atoms with Crippen molar-refractivity contribution in [2.75, 3.05) is 32.7 Å². The van der Waals surface area contributed by atoms with E-state index < -0.39 is 0 Å². The van der Waals surface area contributed by atoms with Gasteiger partial charge < -0.3 is 0 Å². The third-order valence-electron chi connectivity index (χ3n) is 4.02. The van der Waals surface area contributed by atoms with Crippen molar-refractivity contribution >= 4 is 29.0 Å². The lowest BCUT2D eigenvalue weighted by Crippen LogP contribution is -2.63. The number of hydrogen-bond acceptors (Lipinski definition) is 3. The molecule has 2 bridgehead atoms. The SMILES string of the molecule is O=C(Cc1cc(Cl)ccc1Cl)C1CN2CCN1CC2. The molecule has 0 aromatic heterocycles. The van der Waals surface area contributed by atoms with E-state index in [0.717, 1.165) is 38.3 Å². The minimum Gasteiger partial charge on any atom is -0.299 e. The van der Waals surface area contributed by atoms with Gasteiger partial charge in [0.25, 0.3) is 0 Å². The zero-order valence-electron chi connectivity index (χ0n) is 10.6. The third-order valence-corrected chi connectivity index (χ3v) is 4.63. The van der Waals surface area contributed by atoms with Crippen LogP contribution in [0.2, 0.25) is 10.0 Å². The quantitative estimate of drug-likeness (QED) is 0.854. The summed E-state index contributed by atoms with van der Waals surface area (Å²) >= 11 is 12.1. The Morgan fingerprint density at radius 2 is 1.95 bits per heavy atom. The molecule has 3 heterocycles. The van der Waals surface area contributed by atoms with Gasteiger partial charge in [0, 0.05) is 49.2 Å². The lowest BCUT2D eigenvalue weighted by atomic mass is 9.98. The molecule has 0 amide bonds. The van der Waals surface area contributed by atoms with Crippen molar-refractivity contribution in [1.29, 1.82) is 0 Å². The Kier molecular flexibility index (Phi) is 3.81. The summed E-state index contributed by atoms with van der Waals surface area (Å²) < 4.78 is 0. The summed E-state index contributed by atoms with van der Waals surface area (Å²) in [6.45, 7) is 5.03. The van der Waals surface area contributed by atoms with E-state index in [4.69, 9.17) is 23.2 Å². The van der Waals surface area contributed by atoms with E-state index in [1.54, 1.807) is 18.2 Å². The minimum absolute atomic E-state index is 0.0255. The highest BCUT2D eigenvalue weighted by molar-refractivity contribution is 6.33. The largest absolute Gasteiger partial charge is 0.299 e. The summed E-state index contributed by atoms with van der Waals surface area (Å²) in [5.74, 6) is 0.244. The Balaban J connectivity index is 1.73. The molecule has 102 valence electrons. The van der Waals surface area contributed by atoms with Gasteiger partial charge in [0.15, 0.2) is 5.78 Å². The van der Waals surface area contributed by atoms with Crippen LogP contribution in [0.3, 0.4) is 0 Å². The fourth-order valence-electron chi connectivity index (χ4n) is 2.91. The molecule has 5 heteroatoms. The molecule has 3 fully saturated rings. The molecule has 19 heavy (non-hydrogen) atoms. The lowest BCUT2D eigenvalue weighted by molar-refractivity contribution is -0.128. The van der Waals surface area contributed by atoms with Gasteiger partial charge in [-0.05, 0) is 23.8 Å². The first-order valence-corrected chi connectivity index (χ1v) is 7.32.